The SMILES string of the molecule is C[C@H](c1cccs1)N1CCC[C@H](CO)C1. The number of thiophene rings is 1. The summed E-state index contributed by atoms with van der Waals surface area (Å²) < 4.78 is 0. The molecule has 1 aromatic heterocycles. The summed E-state index contributed by atoms with van der Waals surface area (Å²) in [6.45, 7) is 4.84. The number of nitrogens with zero attached hydrogens (tertiary/aromatic N) is 1. The van der Waals surface area contributed by atoms with E-state index < -0.39 is 0 Å². The van der Waals surface area contributed by atoms with Gasteiger partial charge in [0.2, 0.25) is 0 Å². The second-order valence-electron chi connectivity index (χ2n) is 4.38. The van der Waals surface area contributed by atoms with Gasteiger partial charge in [-0.3, -0.25) is 4.90 Å². The van der Waals surface area contributed by atoms with Gasteiger partial charge in [0.25, 0.3) is 0 Å². The maximum atomic E-state index is 9.20. The van der Waals surface area contributed by atoms with Crippen molar-refractivity contribution in [1.29, 1.82) is 0 Å². The van der Waals surface area contributed by atoms with E-state index in [-0.39, 0.29) is 0 Å². The van der Waals surface area contributed by atoms with Gasteiger partial charge in [0.05, 0.1) is 0 Å². The molecule has 0 aromatic carbocycles. The van der Waals surface area contributed by atoms with Crippen LogP contribution >= 0.6 is 11.3 Å². The highest BCUT2D eigenvalue weighted by molar-refractivity contribution is 7.10. The first-order chi connectivity index (χ1) is 7.31. The Kier molecular flexibility index (Phi) is 3.78. The van der Waals surface area contributed by atoms with Crippen molar-refractivity contribution in [3.63, 3.8) is 0 Å². The van der Waals surface area contributed by atoms with Crippen LogP contribution in [-0.2, 0) is 0 Å². The van der Waals surface area contributed by atoms with Gasteiger partial charge in [-0.1, -0.05) is 6.07 Å². The van der Waals surface area contributed by atoms with Gasteiger partial charge in [0.1, 0.15) is 0 Å². The maximum Gasteiger partial charge on any atom is 0.0471 e. The van der Waals surface area contributed by atoms with Gasteiger partial charge in [-0.25, -0.2) is 0 Å². The van der Waals surface area contributed by atoms with Crippen LogP contribution in [0.25, 0.3) is 0 Å². The fraction of sp³-hybridized carbons (Fsp3) is 0.667. The Hall–Kier alpha value is -0.380. The smallest absolute Gasteiger partial charge is 0.0471 e. The van der Waals surface area contributed by atoms with Gasteiger partial charge in [0.15, 0.2) is 0 Å². The van der Waals surface area contributed by atoms with Crippen molar-refractivity contribution in [3.8, 4) is 0 Å². The van der Waals surface area contributed by atoms with Crippen LogP contribution in [0.2, 0.25) is 0 Å². The Morgan fingerprint density at radius 2 is 2.53 bits per heavy atom. The van der Waals surface area contributed by atoms with Gasteiger partial charge in [-0.2, -0.15) is 0 Å². The quantitative estimate of drug-likeness (QED) is 0.854. The Balaban J connectivity index is 1.98. The highest BCUT2D eigenvalue weighted by atomic mass is 32.1. The fourth-order valence-corrected chi connectivity index (χ4v) is 3.12. The zero-order valence-corrected chi connectivity index (χ0v) is 10.0. The number of piperidine rings is 1. The van der Waals surface area contributed by atoms with Gasteiger partial charge in [-0.05, 0) is 43.7 Å². The van der Waals surface area contributed by atoms with Crippen LogP contribution in [-0.4, -0.2) is 29.7 Å². The molecule has 2 heterocycles. The van der Waals surface area contributed by atoms with Crippen LogP contribution in [0, 0.1) is 5.92 Å². The Labute approximate surface area is 95.5 Å². The van der Waals surface area contributed by atoms with Crippen molar-refractivity contribution in [2.45, 2.75) is 25.8 Å². The summed E-state index contributed by atoms with van der Waals surface area (Å²) in [5.74, 6) is 0.487. The number of hydrogen-bond acceptors (Lipinski definition) is 3. The van der Waals surface area contributed by atoms with Crippen LogP contribution in [0.3, 0.4) is 0 Å². The summed E-state index contributed by atoms with van der Waals surface area (Å²) in [7, 11) is 0. The first kappa shape index (κ1) is 11.1. The topological polar surface area (TPSA) is 23.5 Å². The third-order valence-electron chi connectivity index (χ3n) is 3.31. The maximum absolute atomic E-state index is 9.20. The van der Waals surface area contributed by atoms with Crippen LogP contribution in [0.4, 0.5) is 0 Å². The van der Waals surface area contributed by atoms with E-state index in [1.165, 1.54) is 24.3 Å². The van der Waals surface area contributed by atoms with Crippen molar-refractivity contribution in [1.82, 2.24) is 4.90 Å². The van der Waals surface area contributed by atoms with Crippen molar-refractivity contribution < 1.29 is 5.11 Å². The molecule has 2 atom stereocenters. The normalized spacial score (nSPS) is 25.3. The largest absolute Gasteiger partial charge is 0.396 e. The number of hydrogen-bond donors (Lipinski definition) is 1. The van der Waals surface area contributed by atoms with E-state index in [0.29, 0.717) is 18.6 Å². The monoisotopic (exact) mass is 225 g/mol. The van der Waals surface area contributed by atoms with Crippen molar-refractivity contribution in [3.05, 3.63) is 22.4 Å². The van der Waals surface area contributed by atoms with Crippen LogP contribution in [0.1, 0.15) is 30.7 Å². The van der Waals surface area contributed by atoms with Crippen LogP contribution in [0.5, 0.6) is 0 Å². The predicted octanol–water partition coefficient (Wildman–Crippen LogP) is 2.51. The van der Waals surface area contributed by atoms with E-state index >= 15 is 0 Å². The summed E-state index contributed by atoms with van der Waals surface area (Å²) in [4.78, 5) is 3.93. The van der Waals surface area contributed by atoms with E-state index in [1.807, 2.05) is 11.3 Å². The lowest BCUT2D eigenvalue weighted by Gasteiger charge is -2.35. The lowest BCUT2D eigenvalue weighted by atomic mass is 9.97. The number of aliphatic hydroxyl groups is 1. The molecule has 3 heteroatoms. The summed E-state index contributed by atoms with van der Waals surface area (Å²) in [5.41, 5.74) is 0. The molecule has 1 N–H and O–H groups in total. The molecule has 0 radical (unpaired) electrons. The van der Waals surface area contributed by atoms with Crippen molar-refractivity contribution in [2.75, 3.05) is 19.7 Å². The Bertz CT molecular complexity index is 286. The van der Waals surface area contributed by atoms with E-state index in [2.05, 4.69) is 29.3 Å². The molecule has 1 aliphatic heterocycles. The highest BCUT2D eigenvalue weighted by Crippen LogP contribution is 2.28. The predicted molar refractivity (Wildman–Crippen MR) is 64.1 cm³/mol. The van der Waals surface area contributed by atoms with Gasteiger partial charge in [0, 0.05) is 24.1 Å². The molecule has 1 aliphatic rings. The van der Waals surface area contributed by atoms with Gasteiger partial charge >= 0.3 is 0 Å². The van der Waals surface area contributed by atoms with Crippen LogP contribution < -0.4 is 0 Å². The molecular weight excluding hydrogens is 206 g/mol. The molecule has 15 heavy (non-hydrogen) atoms. The molecule has 0 unspecified atom stereocenters. The van der Waals surface area contributed by atoms with Crippen LogP contribution in [0.15, 0.2) is 17.5 Å². The third-order valence-corrected chi connectivity index (χ3v) is 4.35. The molecule has 84 valence electrons. The molecule has 0 amide bonds. The minimum atomic E-state index is 0.341. The molecule has 2 rings (SSSR count). The average molecular weight is 225 g/mol. The molecule has 1 saturated heterocycles. The van der Waals surface area contributed by atoms with Crippen molar-refractivity contribution in [2.24, 2.45) is 5.92 Å². The molecule has 1 fully saturated rings. The Morgan fingerprint density at radius 1 is 1.67 bits per heavy atom. The second kappa shape index (κ2) is 5.10. The molecule has 0 saturated carbocycles. The minimum Gasteiger partial charge on any atom is -0.396 e. The summed E-state index contributed by atoms with van der Waals surface area (Å²) in [6.07, 6.45) is 2.41. The first-order valence-electron chi connectivity index (χ1n) is 5.69. The van der Waals surface area contributed by atoms with E-state index in [0.717, 1.165) is 6.54 Å². The second-order valence-corrected chi connectivity index (χ2v) is 5.36. The average Bonchev–Trinajstić information content (AvgIpc) is 2.81. The third kappa shape index (κ3) is 2.60. The molecular formula is C12H19NOS. The summed E-state index contributed by atoms with van der Waals surface area (Å²) >= 11 is 1.83. The number of aliphatic hydroxyl groups excluding tert-OH is 1. The lowest BCUT2D eigenvalue weighted by molar-refractivity contribution is 0.0947. The zero-order chi connectivity index (χ0) is 10.7. The van der Waals surface area contributed by atoms with E-state index in [9.17, 15) is 5.11 Å². The standard InChI is InChI=1S/C12H19NOS/c1-10(12-5-3-7-15-12)13-6-2-4-11(8-13)9-14/h3,5,7,10-11,14H,2,4,6,8-9H2,1H3/t10-,11+/m1/s1. The molecule has 0 bridgehead atoms. The number of likely N-dealkylation sites (tertiary alicyclic amines) is 1. The van der Waals surface area contributed by atoms with Crippen molar-refractivity contribution >= 4 is 11.3 Å². The van der Waals surface area contributed by atoms with Gasteiger partial charge < -0.3 is 5.11 Å². The number of rotatable bonds is 3. The summed E-state index contributed by atoms with van der Waals surface area (Å²) in [6, 6.07) is 4.83. The van der Waals surface area contributed by atoms with Gasteiger partial charge in [-0.15, -0.1) is 11.3 Å². The highest BCUT2D eigenvalue weighted by Gasteiger charge is 2.24. The molecule has 1 aromatic rings. The lowest BCUT2D eigenvalue weighted by Crippen LogP contribution is -2.38. The Morgan fingerprint density at radius 3 is 3.20 bits per heavy atom. The minimum absolute atomic E-state index is 0.341. The summed E-state index contributed by atoms with van der Waals surface area (Å²) in [5, 5.41) is 11.3. The zero-order valence-electron chi connectivity index (χ0n) is 9.22. The first-order valence-corrected chi connectivity index (χ1v) is 6.57. The molecule has 2 nitrogen and oxygen atoms in total. The molecule has 0 spiro atoms. The van der Waals surface area contributed by atoms with E-state index in [1.54, 1.807) is 0 Å². The fourth-order valence-electron chi connectivity index (χ4n) is 2.31. The van der Waals surface area contributed by atoms with E-state index in [4.69, 9.17) is 0 Å². The molecule has 0 aliphatic carbocycles.